The Bertz CT molecular complexity index is 451. The number of methoxy groups -OCH3 is 1. The van der Waals surface area contributed by atoms with Crippen LogP contribution in [0.2, 0.25) is 0 Å². The molecular weight excluding hydrogens is 192 g/mol. The van der Waals surface area contributed by atoms with Crippen molar-refractivity contribution >= 4 is 6.01 Å². The minimum absolute atomic E-state index is 0.183. The molecule has 0 spiro atoms. The molecule has 0 unspecified atom stereocenters. The minimum atomic E-state index is 0.183. The van der Waals surface area contributed by atoms with Gasteiger partial charge in [-0.1, -0.05) is 18.2 Å². The Balaban J connectivity index is 2.32. The maximum atomic E-state index is 5.41. The van der Waals surface area contributed by atoms with Crippen molar-refractivity contribution in [2.75, 3.05) is 12.8 Å². The second kappa shape index (κ2) is 4.14. The Morgan fingerprint density at radius 1 is 1.47 bits per heavy atom. The molecule has 4 heteroatoms. The SMILES string of the molecule is COCc1cccc(-c2cnc(N)o2)c1. The zero-order chi connectivity index (χ0) is 10.7. The average Bonchev–Trinajstić information content (AvgIpc) is 2.66. The highest BCUT2D eigenvalue weighted by atomic mass is 16.5. The molecule has 1 heterocycles. The predicted octanol–water partition coefficient (Wildman–Crippen LogP) is 2.07. The standard InChI is InChI=1S/C11H12N2O2/c1-14-7-8-3-2-4-9(5-8)10-6-13-11(12)15-10/h2-6H,7H2,1H3,(H2,12,13). The first-order valence-electron chi connectivity index (χ1n) is 4.59. The van der Waals surface area contributed by atoms with Crippen molar-refractivity contribution in [3.8, 4) is 11.3 Å². The monoisotopic (exact) mass is 204 g/mol. The molecule has 0 fully saturated rings. The molecule has 2 N–H and O–H groups in total. The fourth-order valence-corrected chi connectivity index (χ4v) is 1.40. The maximum Gasteiger partial charge on any atom is 0.292 e. The van der Waals surface area contributed by atoms with E-state index in [1.54, 1.807) is 13.3 Å². The predicted molar refractivity (Wildman–Crippen MR) is 57.1 cm³/mol. The third kappa shape index (κ3) is 2.16. The average molecular weight is 204 g/mol. The minimum Gasteiger partial charge on any atom is -0.424 e. The molecule has 2 rings (SSSR count). The molecule has 0 aliphatic rings. The van der Waals surface area contributed by atoms with Crippen molar-refractivity contribution in [2.45, 2.75) is 6.61 Å². The van der Waals surface area contributed by atoms with Gasteiger partial charge in [0.1, 0.15) is 0 Å². The normalized spacial score (nSPS) is 10.5. The van der Waals surface area contributed by atoms with Crippen molar-refractivity contribution in [1.82, 2.24) is 4.98 Å². The summed E-state index contributed by atoms with van der Waals surface area (Å²) in [6.45, 7) is 0.581. The Hall–Kier alpha value is -1.81. The molecule has 4 nitrogen and oxygen atoms in total. The van der Waals surface area contributed by atoms with Crippen LogP contribution in [0.4, 0.5) is 6.01 Å². The van der Waals surface area contributed by atoms with E-state index in [0.717, 1.165) is 11.1 Å². The largest absolute Gasteiger partial charge is 0.424 e. The summed E-state index contributed by atoms with van der Waals surface area (Å²) in [6, 6.07) is 8.06. The summed E-state index contributed by atoms with van der Waals surface area (Å²) in [5.74, 6) is 0.672. The van der Waals surface area contributed by atoms with E-state index in [4.69, 9.17) is 14.9 Å². The molecule has 0 bridgehead atoms. The van der Waals surface area contributed by atoms with E-state index < -0.39 is 0 Å². The van der Waals surface area contributed by atoms with Crippen molar-refractivity contribution in [1.29, 1.82) is 0 Å². The highest BCUT2D eigenvalue weighted by molar-refractivity contribution is 5.58. The van der Waals surface area contributed by atoms with E-state index in [2.05, 4.69) is 4.98 Å². The number of hydrogen-bond donors (Lipinski definition) is 1. The van der Waals surface area contributed by atoms with Gasteiger partial charge >= 0.3 is 0 Å². The molecular formula is C11H12N2O2. The number of benzene rings is 1. The lowest BCUT2D eigenvalue weighted by atomic mass is 10.1. The third-order valence-corrected chi connectivity index (χ3v) is 2.05. The Labute approximate surface area is 87.7 Å². The number of anilines is 1. The quantitative estimate of drug-likeness (QED) is 0.831. The first-order chi connectivity index (χ1) is 7.29. The molecule has 0 saturated carbocycles. The van der Waals surface area contributed by atoms with Crippen LogP contribution in [0.15, 0.2) is 34.9 Å². The summed E-state index contributed by atoms with van der Waals surface area (Å²) in [7, 11) is 1.67. The highest BCUT2D eigenvalue weighted by Gasteiger charge is 2.04. The lowest BCUT2D eigenvalue weighted by molar-refractivity contribution is 0.185. The Morgan fingerprint density at radius 3 is 3.00 bits per heavy atom. The summed E-state index contributed by atoms with van der Waals surface area (Å²) in [5.41, 5.74) is 7.45. The van der Waals surface area contributed by atoms with E-state index in [9.17, 15) is 0 Å². The van der Waals surface area contributed by atoms with Crippen molar-refractivity contribution in [3.63, 3.8) is 0 Å². The first kappa shape index (κ1) is 9.73. The van der Waals surface area contributed by atoms with E-state index in [1.165, 1.54) is 0 Å². The molecule has 0 amide bonds. The number of nitrogen functional groups attached to an aromatic ring is 1. The fraction of sp³-hybridized carbons (Fsp3) is 0.182. The summed E-state index contributed by atoms with van der Waals surface area (Å²) < 4.78 is 10.3. The van der Waals surface area contributed by atoms with Crippen molar-refractivity contribution in [3.05, 3.63) is 36.0 Å². The molecule has 1 aromatic carbocycles. The van der Waals surface area contributed by atoms with Crippen LogP contribution >= 0.6 is 0 Å². The van der Waals surface area contributed by atoms with Gasteiger partial charge in [-0.15, -0.1) is 0 Å². The number of hydrogen-bond acceptors (Lipinski definition) is 4. The van der Waals surface area contributed by atoms with Gasteiger partial charge < -0.3 is 14.9 Å². The molecule has 0 aliphatic heterocycles. The zero-order valence-electron chi connectivity index (χ0n) is 8.43. The summed E-state index contributed by atoms with van der Waals surface area (Å²) in [4.78, 5) is 3.85. The highest BCUT2D eigenvalue weighted by Crippen LogP contribution is 2.22. The van der Waals surface area contributed by atoms with Crippen LogP contribution in [0.3, 0.4) is 0 Å². The van der Waals surface area contributed by atoms with E-state index >= 15 is 0 Å². The van der Waals surface area contributed by atoms with Crippen LogP contribution in [0.5, 0.6) is 0 Å². The number of nitrogens with two attached hydrogens (primary N) is 1. The van der Waals surface area contributed by atoms with Gasteiger partial charge in [0, 0.05) is 12.7 Å². The fourth-order valence-electron chi connectivity index (χ4n) is 1.40. The van der Waals surface area contributed by atoms with Gasteiger partial charge in [0.15, 0.2) is 5.76 Å². The van der Waals surface area contributed by atoms with Gasteiger partial charge in [0.2, 0.25) is 0 Å². The summed E-state index contributed by atoms with van der Waals surface area (Å²) >= 11 is 0. The van der Waals surface area contributed by atoms with Crippen LogP contribution in [-0.2, 0) is 11.3 Å². The van der Waals surface area contributed by atoms with Crippen LogP contribution in [0, 0.1) is 0 Å². The lowest BCUT2D eigenvalue weighted by Crippen LogP contribution is -1.87. The number of rotatable bonds is 3. The van der Waals surface area contributed by atoms with Crippen LogP contribution in [0.1, 0.15) is 5.56 Å². The maximum absolute atomic E-state index is 5.41. The first-order valence-corrected chi connectivity index (χ1v) is 4.59. The molecule has 0 radical (unpaired) electrons. The van der Waals surface area contributed by atoms with E-state index in [-0.39, 0.29) is 6.01 Å². The van der Waals surface area contributed by atoms with Crippen molar-refractivity contribution < 1.29 is 9.15 Å². The number of aromatic nitrogens is 1. The molecule has 0 atom stereocenters. The molecule has 2 aromatic rings. The van der Waals surface area contributed by atoms with E-state index in [1.807, 2.05) is 24.3 Å². The van der Waals surface area contributed by atoms with Crippen LogP contribution in [-0.4, -0.2) is 12.1 Å². The molecule has 1 aromatic heterocycles. The number of ether oxygens (including phenoxy) is 1. The van der Waals surface area contributed by atoms with Crippen LogP contribution < -0.4 is 5.73 Å². The molecule has 78 valence electrons. The topological polar surface area (TPSA) is 61.3 Å². The zero-order valence-corrected chi connectivity index (χ0v) is 8.43. The van der Waals surface area contributed by atoms with Gasteiger partial charge in [-0.2, -0.15) is 0 Å². The van der Waals surface area contributed by atoms with Gasteiger partial charge in [-0.05, 0) is 11.6 Å². The second-order valence-electron chi connectivity index (χ2n) is 3.20. The summed E-state index contributed by atoms with van der Waals surface area (Å²) in [6.07, 6.45) is 1.61. The third-order valence-electron chi connectivity index (χ3n) is 2.05. The number of nitrogens with zero attached hydrogens (tertiary/aromatic N) is 1. The van der Waals surface area contributed by atoms with E-state index in [0.29, 0.717) is 12.4 Å². The lowest BCUT2D eigenvalue weighted by Gasteiger charge is -2.01. The van der Waals surface area contributed by atoms with Crippen molar-refractivity contribution in [2.24, 2.45) is 0 Å². The smallest absolute Gasteiger partial charge is 0.292 e. The molecule has 0 aliphatic carbocycles. The number of oxazole rings is 1. The van der Waals surface area contributed by atoms with Crippen LogP contribution in [0.25, 0.3) is 11.3 Å². The Morgan fingerprint density at radius 2 is 2.33 bits per heavy atom. The molecule has 15 heavy (non-hydrogen) atoms. The molecule has 0 saturated heterocycles. The summed E-state index contributed by atoms with van der Waals surface area (Å²) in [5, 5.41) is 0. The van der Waals surface area contributed by atoms with Gasteiger partial charge in [0.05, 0.1) is 12.8 Å². The van der Waals surface area contributed by atoms with Gasteiger partial charge in [0.25, 0.3) is 6.01 Å². The Kier molecular flexibility index (Phi) is 2.69. The van der Waals surface area contributed by atoms with Gasteiger partial charge in [-0.3, -0.25) is 0 Å². The van der Waals surface area contributed by atoms with Gasteiger partial charge in [-0.25, -0.2) is 4.98 Å². The second-order valence-corrected chi connectivity index (χ2v) is 3.20.